The smallest absolute Gasteiger partial charge is 0.336 e. The Labute approximate surface area is 187 Å². The van der Waals surface area contributed by atoms with Crippen molar-refractivity contribution in [2.45, 2.75) is 51.4 Å². The number of aryl methyl sites for hydroxylation is 1. The van der Waals surface area contributed by atoms with Gasteiger partial charge in [-0.05, 0) is 91.6 Å². The summed E-state index contributed by atoms with van der Waals surface area (Å²) in [5, 5.41) is 36.8. The average molecular weight is 459 g/mol. The van der Waals surface area contributed by atoms with Crippen molar-refractivity contribution in [1.82, 2.24) is 0 Å². The molecule has 30 heavy (non-hydrogen) atoms. The first-order valence-electron chi connectivity index (χ1n) is 10.5. The van der Waals surface area contributed by atoms with Crippen LogP contribution in [-0.2, 0) is 12.8 Å². The largest absolute Gasteiger partial charge is 0.478 e. The van der Waals surface area contributed by atoms with E-state index in [0.717, 1.165) is 73.5 Å². The predicted octanol–water partition coefficient (Wildman–Crippen LogP) is 3.96. The number of thioether (sulfide) groups is 2. The van der Waals surface area contributed by atoms with Crippen LogP contribution in [0.25, 0.3) is 0 Å². The second-order valence-electron chi connectivity index (χ2n) is 7.03. The van der Waals surface area contributed by atoms with E-state index >= 15 is 0 Å². The lowest BCUT2D eigenvalue weighted by Crippen LogP contribution is -2.14. The van der Waals surface area contributed by atoms with E-state index in [4.69, 9.17) is 10.2 Å². The van der Waals surface area contributed by atoms with Crippen molar-refractivity contribution in [1.29, 1.82) is 0 Å². The molecule has 0 aromatic heterocycles. The van der Waals surface area contributed by atoms with Gasteiger partial charge in [0.25, 0.3) is 0 Å². The molecule has 0 aliphatic carbocycles. The fourth-order valence-electron chi connectivity index (χ4n) is 3.18. The molecule has 0 aliphatic rings. The zero-order chi connectivity index (χ0) is 22.2. The number of rotatable bonds is 18. The van der Waals surface area contributed by atoms with Gasteiger partial charge in [-0.1, -0.05) is 6.07 Å². The van der Waals surface area contributed by atoms with Crippen LogP contribution in [0.2, 0.25) is 0 Å². The Kier molecular flexibility index (Phi) is 14.7. The van der Waals surface area contributed by atoms with Crippen LogP contribution in [-0.4, -0.2) is 68.6 Å². The molecule has 0 unspecified atom stereocenters. The molecule has 1 aromatic carbocycles. The zero-order valence-corrected chi connectivity index (χ0v) is 19.1. The Morgan fingerprint density at radius 2 is 1.23 bits per heavy atom. The van der Waals surface area contributed by atoms with E-state index in [1.54, 1.807) is 17.8 Å². The number of aliphatic hydroxyl groups is 2. The summed E-state index contributed by atoms with van der Waals surface area (Å²) in [4.78, 5) is 23.4. The number of carboxylic acids is 2. The third-order valence-corrected chi connectivity index (χ3v) is 7.01. The molecule has 0 spiro atoms. The lowest BCUT2D eigenvalue weighted by molar-refractivity contribution is 0.0650. The highest BCUT2D eigenvalue weighted by Gasteiger charge is 2.22. The maximum Gasteiger partial charge on any atom is 0.336 e. The molecule has 0 atom stereocenters. The second-order valence-corrected chi connectivity index (χ2v) is 9.48. The molecule has 1 aromatic rings. The minimum absolute atomic E-state index is 0.0686. The van der Waals surface area contributed by atoms with Gasteiger partial charge >= 0.3 is 11.9 Å². The molecule has 170 valence electrons. The highest BCUT2D eigenvalue weighted by molar-refractivity contribution is 7.99. The van der Waals surface area contributed by atoms with Gasteiger partial charge in [0.15, 0.2) is 0 Å². The molecular formula is C22H34O6S2. The van der Waals surface area contributed by atoms with Gasteiger partial charge in [-0.15, -0.1) is 0 Å². The Balaban J connectivity index is 2.76. The highest BCUT2D eigenvalue weighted by Crippen LogP contribution is 2.24. The van der Waals surface area contributed by atoms with Crippen LogP contribution in [0.1, 0.15) is 70.4 Å². The molecule has 6 nitrogen and oxygen atoms in total. The third-order valence-electron chi connectivity index (χ3n) is 4.70. The van der Waals surface area contributed by atoms with Crippen LogP contribution in [0, 0.1) is 0 Å². The van der Waals surface area contributed by atoms with Gasteiger partial charge in [0, 0.05) is 13.2 Å². The van der Waals surface area contributed by atoms with E-state index in [-0.39, 0.29) is 24.3 Å². The van der Waals surface area contributed by atoms with Crippen molar-refractivity contribution >= 4 is 35.5 Å². The molecule has 0 radical (unpaired) electrons. The lowest BCUT2D eigenvalue weighted by atomic mass is 9.91. The molecule has 0 saturated heterocycles. The zero-order valence-electron chi connectivity index (χ0n) is 17.5. The van der Waals surface area contributed by atoms with E-state index in [0.29, 0.717) is 12.0 Å². The maximum absolute atomic E-state index is 11.9. The molecular weight excluding hydrogens is 424 g/mol. The van der Waals surface area contributed by atoms with Crippen LogP contribution in [0.15, 0.2) is 12.1 Å². The van der Waals surface area contributed by atoms with Gasteiger partial charge in [-0.3, -0.25) is 0 Å². The first-order valence-corrected chi connectivity index (χ1v) is 12.8. The maximum atomic E-state index is 11.9. The van der Waals surface area contributed by atoms with Gasteiger partial charge < -0.3 is 20.4 Å². The fourth-order valence-corrected chi connectivity index (χ4v) is 5.11. The summed E-state index contributed by atoms with van der Waals surface area (Å²) in [5.41, 5.74) is 1.37. The monoisotopic (exact) mass is 458 g/mol. The molecule has 1 rings (SSSR count). The predicted molar refractivity (Wildman–Crippen MR) is 124 cm³/mol. The average Bonchev–Trinajstić information content (AvgIpc) is 2.72. The van der Waals surface area contributed by atoms with Crippen LogP contribution in [0.3, 0.4) is 0 Å². The Bertz CT molecular complexity index is 651. The van der Waals surface area contributed by atoms with Gasteiger partial charge in [0.1, 0.15) is 0 Å². The normalized spacial score (nSPS) is 11.0. The van der Waals surface area contributed by atoms with E-state index in [1.165, 1.54) is 6.07 Å². The van der Waals surface area contributed by atoms with E-state index in [1.807, 2.05) is 11.8 Å². The summed E-state index contributed by atoms with van der Waals surface area (Å²) < 4.78 is 0. The molecule has 0 heterocycles. The number of unbranched alkanes of at least 4 members (excludes halogenated alkanes) is 2. The molecule has 4 N–H and O–H groups in total. The standard InChI is InChI=1S/C22H34O6S2/c23-11-1-3-13-29-15-5-7-17-9-10-19(21(25)26)20(22(27)28)18(17)8-6-16-30-14-4-2-12-24/h9-10,23-24H,1-8,11-16H2,(H,25,26)(H,27,28). The molecule has 0 bridgehead atoms. The first-order chi connectivity index (χ1) is 14.5. The Morgan fingerprint density at radius 1 is 0.700 bits per heavy atom. The van der Waals surface area contributed by atoms with Crippen molar-refractivity contribution in [2.75, 3.05) is 36.2 Å². The van der Waals surface area contributed by atoms with Crippen molar-refractivity contribution in [3.05, 3.63) is 34.4 Å². The summed E-state index contributed by atoms with van der Waals surface area (Å²) in [6, 6.07) is 3.19. The number of aliphatic hydroxyl groups excluding tert-OH is 2. The van der Waals surface area contributed by atoms with Gasteiger partial charge in [0.2, 0.25) is 0 Å². The topological polar surface area (TPSA) is 115 Å². The summed E-state index contributed by atoms with van der Waals surface area (Å²) >= 11 is 3.60. The van der Waals surface area contributed by atoms with Gasteiger partial charge in [-0.25, -0.2) is 9.59 Å². The van der Waals surface area contributed by atoms with Gasteiger partial charge in [0.05, 0.1) is 11.1 Å². The number of carboxylic acid groups (broad SMARTS) is 2. The van der Waals surface area contributed by atoms with Crippen LogP contribution in [0.5, 0.6) is 0 Å². The van der Waals surface area contributed by atoms with E-state index < -0.39 is 11.9 Å². The van der Waals surface area contributed by atoms with E-state index in [2.05, 4.69) is 0 Å². The quantitative estimate of drug-likeness (QED) is 0.244. The second kappa shape index (κ2) is 16.5. The number of hydrogen-bond acceptors (Lipinski definition) is 6. The SMILES string of the molecule is O=C(O)c1ccc(CCCSCCCCO)c(CCCSCCCCO)c1C(=O)O. The fraction of sp³-hybridized carbons (Fsp3) is 0.636. The van der Waals surface area contributed by atoms with Gasteiger partial charge in [-0.2, -0.15) is 23.5 Å². The summed E-state index contributed by atoms with van der Waals surface area (Å²) in [6.07, 6.45) is 6.51. The van der Waals surface area contributed by atoms with Crippen molar-refractivity contribution in [3.8, 4) is 0 Å². The number of benzene rings is 1. The van der Waals surface area contributed by atoms with Crippen molar-refractivity contribution < 1.29 is 30.0 Å². The number of hydrogen-bond donors (Lipinski definition) is 4. The molecule has 0 aliphatic heterocycles. The van der Waals surface area contributed by atoms with E-state index in [9.17, 15) is 19.8 Å². The highest BCUT2D eigenvalue weighted by atomic mass is 32.2. The lowest BCUT2D eigenvalue weighted by Gasteiger charge is -2.15. The number of carbonyl (C=O) groups is 2. The third kappa shape index (κ3) is 10.2. The summed E-state index contributed by atoms with van der Waals surface area (Å²) in [5.74, 6) is 1.40. The molecule has 0 saturated carbocycles. The van der Waals surface area contributed by atoms with Crippen molar-refractivity contribution in [3.63, 3.8) is 0 Å². The first kappa shape index (κ1) is 26.8. The number of aromatic carboxylic acids is 2. The minimum atomic E-state index is -1.21. The Hall–Kier alpha value is -1.22. The Morgan fingerprint density at radius 3 is 1.73 bits per heavy atom. The van der Waals surface area contributed by atoms with Crippen LogP contribution >= 0.6 is 23.5 Å². The summed E-state index contributed by atoms with van der Waals surface area (Å²) in [6.45, 7) is 0.422. The molecule has 0 amide bonds. The molecule has 0 fully saturated rings. The van der Waals surface area contributed by atoms with Crippen LogP contribution in [0.4, 0.5) is 0 Å². The summed E-state index contributed by atoms with van der Waals surface area (Å²) in [7, 11) is 0. The minimum Gasteiger partial charge on any atom is -0.478 e. The van der Waals surface area contributed by atoms with Crippen LogP contribution < -0.4 is 0 Å². The van der Waals surface area contributed by atoms with Crippen molar-refractivity contribution in [2.24, 2.45) is 0 Å². The molecule has 8 heteroatoms.